The zero-order chi connectivity index (χ0) is 10.6. The summed E-state index contributed by atoms with van der Waals surface area (Å²) in [6, 6.07) is 5.47. The molecule has 0 aromatic heterocycles. The molecule has 0 saturated heterocycles. The molecule has 0 N–H and O–H groups in total. The summed E-state index contributed by atoms with van der Waals surface area (Å²) in [5.41, 5.74) is 0.444. The van der Waals surface area contributed by atoms with E-state index in [-0.39, 0.29) is 20.9 Å². The van der Waals surface area contributed by atoms with Crippen LogP contribution in [-0.4, -0.2) is 20.9 Å². The number of rotatable bonds is 3. The molecule has 0 bridgehead atoms. The van der Waals surface area contributed by atoms with Crippen molar-refractivity contribution in [3.05, 3.63) is 35.4 Å². The minimum atomic E-state index is -4.21. The van der Waals surface area contributed by atoms with Gasteiger partial charge in [0.2, 0.25) is 0 Å². The Morgan fingerprint density at radius 3 is 2.14 bits per heavy atom. The van der Waals surface area contributed by atoms with Crippen molar-refractivity contribution in [1.82, 2.24) is 0 Å². The van der Waals surface area contributed by atoms with Gasteiger partial charge in [-0.05, 0) is 0 Å². The molecule has 14 heavy (non-hydrogen) atoms. The van der Waals surface area contributed by atoms with Gasteiger partial charge in [-0.2, -0.15) is 0 Å². The Morgan fingerprint density at radius 1 is 1.14 bits per heavy atom. The van der Waals surface area contributed by atoms with Gasteiger partial charge in [0.25, 0.3) is 0 Å². The van der Waals surface area contributed by atoms with E-state index in [1.807, 2.05) is 0 Å². The number of aryl methyl sites for hydroxylation is 1. The summed E-state index contributed by atoms with van der Waals surface area (Å²) in [4.78, 5) is 2.19. The van der Waals surface area contributed by atoms with Crippen LogP contribution in [0.1, 0.15) is 11.1 Å². The molecule has 1 aromatic carbocycles. The van der Waals surface area contributed by atoms with Gasteiger partial charge in [0.1, 0.15) is 0 Å². The monoisotopic (exact) mass is 318 g/mol. The van der Waals surface area contributed by atoms with Gasteiger partial charge in [-0.25, -0.2) is 0 Å². The second kappa shape index (κ2) is 5.04. The zero-order valence-electron chi connectivity index (χ0n) is 7.77. The van der Waals surface area contributed by atoms with Crippen molar-refractivity contribution in [2.75, 3.05) is 0 Å². The molecule has 0 heterocycles. The number of halogens is 3. The van der Waals surface area contributed by atoms with Crippen LogP contribution in [0.4, 0.5) is 13.2 Å². The first-order chi connectivity index (χ1) is 6.54. The van der Waals surface area contributed by atoms with Crippen LogP contribution in [0.5, 0.6) is 0 Å². The quantitative estimate of drug-likeness (QED) is 0.750. The Labute approximate surface area is 91.6 Å². The summed E-state index contributed by atoms with van der Waals surface area (Å²) >= 11 is 0.0778. The third kappa shape index (κ3) is 3.51. The van der Waals surface area contributed by atoms with E-state index in [1.54, 1.807) is 12.1 Å². The Morgan fingerprint density at radius 2 is 1.71 bits per heavy atom. The van der Waals surface area contributed by atoms with E-state index in [9.17, 15) is 13.2 Å². The molecule has 0 nitrogen and oxygen atoms in total. The first-order valence-corrected chi connectivity index (χ1v) is 8.17. The Hall–Kier alpha value is -0.200. The van der Waals surface area contributed by atoms with Crippen LogP contribution < -0.4 is 0 Å². The van der Waals surface area contributed by atoms with Gasteiger partial charge in [-0.1, -0.05) is 0 Å². The molecule has 0 amide bonds. The van der Waals surface area contributed by atoms with E-state index in [0.29, 0.717) is 0 Å². The molecule has 0 saturated carbocycles. The molecule has 0 aliphatic rings. The van der Waals surface area contributed by atoms with E-state index in [0.717, 1.165) is 28.6 Å². The molecule has 0 spiro atoms. The predicted octanol–water partition coefficient (Wildman–Crippen LogP) is 3.42. The molecule has 0 aliphatic carbocycles. The van der Waals surface area contributed by atoms with Crippen LogP contribution in [0.3, 0.4) is 0 Å². The van der Waals surface area contributed by atoms with Gasteiger partial charge >= 0.3 is 91.5 Å². The molecule has 0 aliphatic heterocycles. The van der Waals surface area contributed by atoms with Gasteiger partial charge in [0, 0.05) is 0 Å². The standard InChI is InChI=1S/C10H11F3Te/c1-14-7-6-8-2-4-9(5-3-8)10(11,12)13/h2-5H,6-7H2,1H3. The van der Waals surface area contributed by atoms with Gasteiger partial charge in [-0.3, -0.25) is 0 Å². The summed E-state index contributed by atoms with van der Waals surface area (Å²) in [6.07, 6.45) is -3.30. The first-order valence-electron chi connectivity index (χ1n) is 4.19. The number of hydrogen-bond donors (Lipinski definition) is 0. The molecular formula is C10H11F3Te. The third-order valence-corrected chi connectivity index (χ3v) is 3.62. The first kappa shape index (κ1) is 11.9. The van der Waals surface area contributed by atoms with Crippen molar-refractivity contribution in [2.24, 2.45) is 0 Å². The van der Waals surface area contributed by atoms with Crippen molar-refractivity contribution < 1.29 is 13.2 Å². The molecule has 0 atom stereocenters. The summed E-state index contributed by atoms with van der Waals surface area (Å²) in [7, 11) is 0. The molecule has 4 heteroatoms. The van der Waals surface area contributed by atoms with Crippen LogP contribution >= 0.6 is 0 Å². The maximum absolute atomic E-state index is 12.2. The van der Waals surface area contributed by atoms with Crippen molar-refractivity contribution in [3.8, 4) is 0 Å². The van der Waals surface area contributed by atoms with Crippen molar-refractivity contribution in [2.45, 2.75) is 22.0 Å². The van der Waals surface area contributed by atoms with Gasteiger partial charge in [0.05, 0.1) is 0 Å². The molecule has 0 fully saturated rings. The second-order valence-corrected chi connectivity index (χ2v) is 5.75. The van der Waals surface area contributed by atoms with Crippen molar-refractivity contribution in [3.63, 3.8) is 0 Å². The topological polar surface area (TPSA) is 0 Å². The normalized spacial score (nSPS) is 11.7. The van der Waals surface area contributed by atoms with E-state index >= 15 is 0 Å². The van der Waals surface area contributed by atoms with Crippen LogP contribution in [0.2, 0.25) is 9.44 Å². The van der Waals surface area contributed by atoms with Crippen LogP contribution in [0.15, 0.2) is 24.3 Å². The fourth-order valence-electron chi connectivity index (χ4n) is 1.08. The molecule has 0 radical (unpaired) electrons. The molecular weight excluding hydrogens is 305 g/mol. The minimum absolute atomic E-state index is 0.0778. The summed E-state index contributed by atoms with van der Waals surface area (Å²) in [5.74, 6) is 0. The van der Waals surface area contributed by atoms with E-state index in [1.165, 1.54) is 0 Å². The van der Waals surface area contributed by atoms with Crippen LogP contribution in [-0.2, 0) is 12.6 Å². The molecule has 1 aromatic rings. The summed E-state index contributed by atoms with van der Waals surface area (Å²) in [6.45, 7) is 0. The molecule has 1 rings (SSSR count). The predicted molar refractivity (Wildman–Crippen MR) is 51.6 cm³/mol. The Balaban J connectivity index is 2.69. The fraction of sp³-hybridized carbons (Fsp3) is 0.400. The average Bonchev–Trinajstić information content (AvgIpc) is 2.14. The van der Waals surface area contributed by atoms with E-state index < -0.39 is 11.7 Å². The fourth-order valence-corrected chi connectivity index (χ4v) is 2.34. The maximum atomic E-state index is 12.2. The number of benzene rings is 1. The van der Waals surface area contributed by atoms with Crippen molar-refractivity contribution >= 4 is 20.9 Å². The average molecular weight is 316 g/mol. The van der Waals surface area contributed by atoms with Crippen LogP contribution in [0.25, 0.3) is 0 Å². The van der Waals surface area contributed by atoms with E-state index in [4.69, 9.17) is 0 Å². The van der Waals surface area contributed by atoms with Gasteiger partial charge in [-0.15, -0.1) is 0 Å². The summed E-state index contributed by atoms with van der Waals surface area (Å²) in [5, 5.41) is 0. The van der Waals surface area contributed by atoms with Crippen LogP contribution in [0, 0.1) is 0 Å². The number of hydrogen-bond acceptors (Lipinski definition) is 0. The summed E-state index contributed by atoms with van der Waals surface area (Å²) < 4.78 is 37.7. The molecule has 0 unspecified atom stereocenters. The Kier molecular flexibility index (Phi) is 4.28. The molecule has 78 valence electrons. The SMILES string of the molecule is C[Te]CCc1ccc(C(F)(F)F)cc1. The second-order valence-electron chi connectivity index (χ2n) is 2.94. The van der Waals surface area contributed by atoms with E-state index in [2.05, 4.69) is 4.97 Å². The zero-order valence-corrected chi connectivity index (χ0v) is 10.1. The number of alkyl halides is 3. The third-order valence-electron chi connectivity index (χ3n) is 1.88. The van der Waals surface area contributed by atoms with Gasteiger partial charge in [0.15, 0.2) is 0 Å². The Bertz CT molecular complexity index is 276. The van der Waals surface area contributed by atoms with Crippen molar-refractivity contribution in [1.29, 1.82) is 0 Å². The van der Waals surface area contributed by atoms with Gasteiger partial charge < -0.3 is 0 Å².